The van der Waals surface area contributed by atoms with Crippen molar-refractivity contribution < 1.29 is 9.62 Å². The number of oxime groups is 1. The largest absolute Gasteiger partial charge is 0.468 e. The summed E-state index contributed by atoms with van der Waals surface area (Å²) in [5.74, 6) is 0.992. The number of nitrogens with two attached hydrogens (primary N) is 1. The van der Waals surface area contributed by atoms with Crippen molar-refractivity contribution in [2.75, 3.05) is 5.73 Å². The second-order valence-corrected chi connectivity index (χ2v) is 5.39. The Hall–Kier alpha value is -3.15. The number of fused-ring (bicyclic) bond motifs is 1. The second-order valence-electron chi connectivity index (χ2n) is 5.39. The van der Waals surface area contributed by atoms with Gasteiger partial charge >= 0.3 is 0 Å². The van der Waals surface area contributed by atoms with Crippen molar-refractivity contribution >= 4 is 11.7 Å². The summed E-state index contributed by atoms with van der Waals surface area (Å²) in [4.78, 5) is 8.19. The first-order valence-corrected chi connectivity index (χ1v) is 7.24. The highest BCUT2D eigenvalue weighted by molar-refractivity contribution is 6.05. The van der Waals surface area contributed by atoms with Crippen molar-refractivity contribution in [3.8, 4) is 11.3 Å². The first kappa shape index (κ1) is 13.5. The molecular weight excluding hydrogens is 292 g/mol. The molecule has 0 fully saturated rings. The molecule has 2 aromatic heterocycles. The van der Waals surface area contributed by atoms with E-state index in [1.807, 2.05) is 30.3 Å². The van der Waals surface area contributed by atoms with Crippen LogP contribution >= 0.6 is 0 Å². The van der Waals surface area contributed by atoms with Gasteiger partial charge in [-0.1, -0.05) is 29.4 Å². The molecule has 3 aromatic rings. The molecule has 0 saturated heterocycles. The molecule has 0 bridgehead atoms. The third-order valence-corrected chi connectivity index (χ3v) is 4.13. The van der Waals surface area contributed by atoms with Crippen LogP contribution in [0.25, 0.3) is 11.3 Å². The summed E-state index contributed by atoms with van der Waals surface area (Å²) in [5, 5.41) is 12.7. The summed E-state index contributed by atoms with van der Waals surface area (Å²) in [6, 6.07) is 11.5. The Morgan fingerprint density at radius 2 is 2.04 bits per heavy atom. The van der Waals surface area contributed by atoms with E-state index in [0.717, 1.165) is 22.5 Å². The van der Waals surface area contributed by atoms with Gasteiger partial charge in [-0.25, -0.2) is 9.97 Å². The molecule has 114 valence electrons. The van der Waals surface area contributed by atoms with E-state index in [2.05, 4.69) is 15.1 Å². The molecule has 23 heavy (non-hydrogen) atoms. The third kappa shape index (κ3) is 2.15. The zero-order chi connectivity index (χ0) is 15.8. The summed E-state index contributed by atoms with van der Waals surface area (Å²) < 4.78 is 5.75. The van der Waals surface area contributed by atoms with Gasteiger partial charge < -0.3 is 15.4 Å². The van der Waals surface area contributed by atoms with Crippen LogP contribution in [0.5, 0.6) is 0 Å². The number of benzene rings is 1. The molecule has 1 unspecified atom stereocenters. The van der Waals surface area contributed by atoms with Crippen molar-refractivity contribution in [1.29, 1.82) is 0 Å². The van der Waals surface area contributed by atoms with E-state index in [1.54, 1.807) is 18.5 Å². The molecule has 1 atom stereocenters. The van der Waals surface area contributed by atoms with Crippen molar-refractivity contribution in [3.63, 3.8) is 0 Å². The predicted molar refractivity (Wildman–Crippen MR) is 85.4 cm³/mol. The second kappa shape index (κ2) is 5.24. The van der Waals surface area contributed by atoms with Gasteiger partial charge in [0.2, 0.25) is 5.95 Å². The average molecular weight is 306 g/mol. The van der Waals surface area contributed by atoms with Gasteiger partial charge in [0.15, 0.2) is 0 Å². The van der Waals surface area contributed by atoms with Gasteiger partial charge in [0.25, 0.3) is 0 Å². The quantitative estimate of drug-likeness (QED) is 0.560. The lowest BCUT2D eigenvalue weighted by atomic mass is 9.95. The maximum atomic E-state index is 9.27. The molecule has 3 N–H and O–H groups in total. The molecule has 0 spiro atoms. The smallest absolute Gasteiger partial charge is 0.220 e. The normalized spacial score (nSPS) is 18.3. The fourth-order valence-corrected chi connectivity index (χ4v) is 3.13. The van der Waals surface area contributed by atoms with E-state index < -0.39 is 0 Å². The Labute approximate surface area is 132 Å². The molecule has 0 saturated carbocycles. The van der Waals surface area contributed by atoms with Gasteiger partial charge in [0.1, 0.15) is 5.76 Å². The minimum atomic E-state index is -0.0155. The standard InChI is InChI=1S/C17H14N4O2/c18-17-19-7-5-14(20-17)12-6-8-23-16(12)13-9-15(21-22)11-4-2-1-3-10(11)13/h1-8,13,22H,9H2,(H2,18,19,20)/b21-15-. The van der Waals surface area contributed by atoms with E-state index in [4.69, 9.17) is 10.2 Å². The summed E-state index contributed by atoms with van der Waals surface area (Å²) in [6.45, 7) is 0. The molecule has 0 amide bonds. The lowest BCUT2D eigenvalue weighted by Crippen LogP contribution is -2.00. The van der Waals surface area contributed by atoms with Crippen molar-refractivity contribution in [3.05, 3.63) is 65.7 Å². The molecule has 6 heteroatoms. The van der Waals surface area contributed by atoms with Crippen molar-refractivity contribution in [1.82, 2.24) is 9.97 Å². The van der Waals surface area contributed by atoms with E-state index >= 15 is 0 Å². The van der Waals surface area contributed by atoms with Gasteiger partial charge in [-0.2, -0.15) is 0 Å². The van der Waals surface area contributed by atoms with Crippen molar-refractivity contribution in [2.45, 2.75) is 12.3 Å². The summed E-state index contributed by atoms with van der Waals surface area (Å²) in [5.41, 5.74) is 9.97. The maximum absolute atomic E-state index is 9.27. The fraction of sp³-hybridized carbons (Fsp3) is 0.118. The Balaban J connectivity index is 1.84. The van der Waals surface area contributed by atoms with Crippen LogP contribution in [0.2, 0.25) is 0 Å². The van der Waals surface area contributed by atoms with Crippen LogP contribution in [0.15, 0.2) is 58.4 Å². The molecule has 6 nitrogen and oxygen atoms in total. The third-order valence-electron chi connectivity index (χ3n) is 4.13. The van der Waals surface area contributed by atoms with Crippen LogP contribution in [0.4, 0.5) is 5.95 Å². The lowest BCUT2D eigenvalue weighted by Gasteiger charge is -2.10. The fourth-order valence-electron chi connectivity index (χ4n) is 3.13. The number of furan rings is 1. The molecular formula is C17H14N4O2. The SMILES string of the molecule is Nc1nccc(-c2ccoc2C2C/C(=N/O)c3ccccc32)n1. The molecule has 1 aromatic carbocycles. The Bertz CT molecular complexity index is 901. The van der Waals surface area contributed by atoms with Gasteiger partial charge in [-0.3, -0.25) is 0 Å². The number of anilines is 1. The maximum Gasteiger partial charge on any atom is 0.220 e. The van der Waals surface area contributed by atoms with Gasteiger partial charge in [0.05, 0.1) is 17.7 Å². The van der Waals surface area contributed by atoms with Crippen LogP contribution in [0.3, 0.4) is 0 Å². The van der Waals surface area contributed by atoms with E-state index in [9.17, 15) is 5.21 Å². The first-order valence-electron chi connectivity index (χ1n) is 7.24. The molecule has 0 radical (unpaired) electrons. The van der Waals surface area contributed by atoms with E-state index in [1.165, 1.54) is 0 Å². The Morgan fingerprint density at radius 3 is 2.87 bits per heavy atom. The Kier molecular flexibility index (Phi) is 3.08. The molecule has 0 aliphatic heterocycles. The van der Waals surface area contributed by atoms with Gasteiger partial charge in [-0.05, 0) is 17.7 Å². The predicted octanol–water partition coefficient (Wildman–Crippen LogP) is 3.03. The molecule has 4 rings (SSSR count). The van der Waals surface area contributed by atoms with E-state index in [0.29, 0.717) is 17.8 Å². The zero-order valence-corrected chi connectivity index (χ0v) is 12.2. The number of rotatable bonds is 2. The van der Waals surface area contributed by atoms with Crippen LogP contribution in [0, 0.1) is 0 Å². The van der Waals surface area contributed by atoms with Crippen LogP contribution in [-0.2, 0) is 0 Å². The lowest BCUT2D eigenvalue weighted by molar-refractivity contribution is 0.318. The minimum absolute atomic E-state index is 0.0155. The Morgan fingerprint density at radius 1 is 1.17 bits per heavy atom. The highest BCUT2D eigenvalue weighted by Gasteiger charge is 2.33. The number of nitrogens with zero attached hydrogens (tertiary/aromatic N) is 3. The number of aromatic nitrogens is 2. The molecule has 2 heterocycles. The number of hydrogen-bond donors (Lipinski definition) is 2. The summed E-state index contributed by atoms with van der Waals surface area (Å²) in [7, 11) is 0. The van der Waals surface area contributed by atoms with E-state index in [-0.39, 0.29) is 11.9 Å². The number of hydrogen-bond acceptors (Lipinski definition) is 6. The zero-order valence-electron chi connectivity index (χ0n) is 12.2. The highest BCUT2D eigenvalue weighted by atomic mass is 16.4. The monoisotopic (exact) mass is 306 g/mol. The highest BCUT2D eigenvalue weighted by Crippen LogP contribution is 2.42. The van der Waals surface area contributed by atoms with Gasteiger partial charge in [0, 0.05) is 29.7 Å². The topological polar surface area (TPSA) is 97.5 Å². The molecule has 1 aliphatic carbocycles. The summed E-state index contributed by atoms with van der Waals surface area (Å²) in [6.07, 6.45) is 3.84. The first-order chi connectivity index (χ1) is 11.3. The molecule has 1 aliphatic rings. The van der Waals surface area contributed by atoms with Crippen LogP contribution < -0.4 is 5.73 Å². The van der Waals surface area contributed by atoms with Crippen molar-refractivity contribution in [2.24, 2.45) is 5.16 Å². The average Bonchev–Trinajstić information content (AvgIpc) is 3.19. The number of nitrogen functional groups attached to an aromatic ring is 1. The van der Waals surface area contributed by atoms with Gasteiger partial charge in [-0.15, -0.1) is 0 Å². The summed E-state index contributed by atoms with van der Waals surface area (Å²) >= 11 is 0. The van der Waals surface area contributed by atoms with Crippen LogP contribution in [0.1, 0.15) is 29.2 Å². The van der Waals surface area contributed by atoms with Crippen LogP contribution in [-0.4, -0.2) is 20.9 Å². The minimum Gasteiger partial charge on any atom is -0.468 e.